The highest BCUT2D eigenvalue weighted by Crippen LogP contribution is 2.29. The third-order valence-corrected chi connectivity index (χ3v) is 3.88. The lowest BCUT2D eigenvalue weighted by atomic mass is 9.97. The van der Waals surface area contributed by atoms with Crippen molar-refractivity contribution in [1.82, 2.24) is 4.98 Å². The second-order valence-corrected chi connectivity index (χ2v) is 5.45. The summed E-state index contributed by atoms with van der Waals surface area (Å²) in [4.78, 5) is 14.6. The maximum Gasteiger partial charge on any atom is 0.278 e. The van der Waals surface area contributed by atoms with Gasteiger partial charge in [-0.15, -0.1) is 11.6 Å². The summed E-state index contributed by atoms with van der Waals surface area (Å²) in [5.74, 6) is 0.355. The Labute approximate surface area is 116 Å². The van der Waals surface area contributed by atoms with Crippen molar-refractivity contribution in [3.8, 4) is 0 Å². The van der Waals surface area contributed by atoms with Crippen molar-refractivity contribution in [3.05, 3.63) is 46.3 Å². The molecule has 5 heteroatoms. The minimum absolute atomic E-state index is 0.0119. The van der Waals surface area contributed by atoms with Crippen molar-refractivity contribution < 1.29 is 4.92 Å². The van der Waals surface area contributed by atoms with Crippen LogP contribution in [0.15, 0.2) is 30.6 Å². The fourth-order valence-corrected chi connectivity index (χ4v) is 2.19. The first-order valence-corrected chi connectivity index (χ1v) is 6.58. The molecule has 1 atom stereocenters. The summed E-state index contributed by atoms with van der Waals surface area (Å²) in [5, 5.41) is 12.4. The summed E-state index contributed by atoms with van der Waals surface area (Å²) >= 11 is 6.30. The average Bonchev–Trinajstić information content (AvgIpc) is 2.38. The number of rotatable bonds is 4. The van der Waals surface area contributed by atoms with Crippen LogP contribution in [0.25, 0.3) is 10.8 Å². The number of nitro groups is 1. The van der Waals surface area contributed by atoms with E-state index in [2.05, 4.69) is 18.8 Å². The maximum absolute atomic E-state index is 11.0. The zero-order chi connectivity index (χ0) is 14.0. The predicted molar refractivity (Wildman–Crippen MR) is 76.6 cm³/mol. The van der Waals surface area contributed by atoms with Crippen molar-refractivity contribution in [1.29, 1.82) is 0 Å². The van der Waals surface area contributed by atoms with Gasteiger partial charge in [0.1, 0.15) is 0 Å². The molecule has 0 aliphatic rings. The molecular weight excluding hydrogens is 264 g/mol. The van der Waals surface area contributed by atoms with Crippen molar-refractivity contribution >= 4 is 28.1 Å². The summed E-state index contributed by atoms with van der Waals surface area (Å²) in [7, 11) is 0. The van der Waals surface area contributed by atoms with Gasteiger partial charge in [0, 0.05) is 23.8 Å². The summed E-state index contributed by atoms with van der Waals surface area (Å²) in [5.41, 5.74) is 1.11. The van der Waals surface area contributed by atoms with Crippen LogP contribution in [0.3, 0.4) is 0 Å². The lowest BCUT2D eigenvalue weighted by Gasteiger charge is -2.14. The van der Waals surface area contributed by atoms with Gasteiger partial charge in [0.2, 0.25) is 0 Å². The summed E-state index contributed by atoms with van der Waals surface area (Å²) in [6.45, 7) is 4.12. The van der Waals surface area contributed by atoms with Gasteiger partial charge < -0.3 is 0 Å². The lowest BCUT2D eigenvalue weighted by molar-refractivity contribution is -0.383. The Morgan fingerprint density at radius 2 is 2.05 bits per heavy atom. The van der Waals surface area contributed by atoms with Crippen molar-refractivity contribution in [2.45, 2.75) is 25.6 Å². The van der Waals surface area contributed by atoms with E-state index >= 15 is 0 Å². The second-order valence-electron chi connectivity index (χ2n) is 4.89. The monoisotopic (exact) mass is 278 g/mol. The Kier molecular flexibility index (Phi) is 4.00. The molecule has 1 heterocycles. The van der Waals surface area contributed by atoms with E-state index in [0.29, 0.717) is 17.7 Å². The number of halogens is 1. The molecule has 0 radical (unpaired) electrons. The van der Waals surface area contributed by atoms with Gasteiger partial charge in [-0.25, -0.2) is 0 Å². The zero-order valence-corrected chi connectivity index (χ0v) is 11.6. The molecule has 0 saturated heterocycles. The van der Waals surface area contributed by atoms with E-state index in [9.17, 15) is 10.1 Å². The van der Waals surface area contributed by atoms with Crippen LogP contribution in [0.1, 0.15) is 19.4 Å². The van der Waals surface area contributed by atoms with E-state index < -0.39 is 0 Å². The number of hydrogen-bond donors (Lipinski definition) is 0. The number of hydrogen-bond acceptors (Lipinski definition) is 3. The molecule has 0 N–H and O–H groups in total. The van der Waals surface area contributed by atoms with Gasteiger partial charge in [0.25, 0.3) is 5.69 Å². The van der Waals surface area contributed by atoms with E-state index in [0.717, 1.165) is 10.9 Å². The standard InChI is InChI=1S/C14H15ClN2O2/c1-9(2)13(15)7-10-3-4-14(17(18)19)12-8-16-6-5-11(10)12/h3-6,8-9,13H,7H2,1-2H3. The highest BCUT2D eigenvalue weighted by atomic mass is 35.5. The minimum atomic E-state index is -0.381. The van der Waals surface area contributed by atoms with Crippen LogP contribution in [0.5, 0.6) is 0 Å². The van der Waals surface area contributed by atoms with Gasteiger partial charge in [-0.3, -0.25) is 15.1 Å². The van der Waals surface area contributed by atoms with E-state index in [1.165, 1.54) is 12.3 Å². The number of nitro benzene ring substituents is 1. The topological polar surface area (TPSA) is 56.0 Å². The number of non-ortho nitro benzene ring substituents is 1. The molecule has 0 aliphatic heterocycles. The lowest BCUT2D eigenvalue weighted by Crippen LogP contribution is -2.11. The van der Waals surface area contributed by atoms with Gasteiger partial charge in [0.05, 0.1) is 10.3 Å². The Morgan fingerprint density at radius 3 is 2.68 bits per heavy atom. The maximum atomic E-state index is 11.0. The van der Waals surface area contributed by atoms with Crippen molar-refractivity contribution in [3.63, 3.8) is 0 Å². The van der Waals surface area contributed by atoms with Gasteiger partial charge in [-0.05, 0) is 29.4 Å². The minimum Gasteiger partial charge on any atom is -0.264 e. The van der Waals surface area contributed by atoms with Gasteiger partial charge >= 0.3 is 0 Å². The van der Waals surface area contributed by atoms with Gasteiger partial charge in [-0.2, -0.15) is 0 Å². The highest BCUT2D eigenvalue weighted by molar-refractivity contribution is 6.21. The average molecular weight is 279 g/mol. The van der Waals surface area contributed by atoms with Crippen molar-refractivity contribution in [2.24, 2.45) is 5.92 Å². The molecule has 0 amide bonds. The third kappa shape index (κ3) is 2.84. The molecule has 1 aromatic carbocycles. The second kappa shape index (κ2) is 5.53. The first-order chi connectivity index (χ1) is 9.00. The number of aromatic nitrogens is 1. The molecule has 19 heavy (non-hydrogen) atoms. The van der Waals surface area contributed by atoms with Crippen molar-refractivity contribution in [2.75, 3.05) is 0 Å². The molecule has 0 saturated carbocycles. The Hall–Kier alpha value is -1.68. The molecule has 1 aromatic heterocycles. The first-order valence-electron chi connectivity index (χ1n) is 6.14. The molecule has 0 spiro atoms. The van der Waals surface area contributed by atoms with Gasteiger partial charge in [-0.1, -0.05) is 19.9 Å². The van der Waals surface area contributed by atoms with E-state index in [1.54, 1.807) is 12.3 Å². The van der Waals surface area contributed by atoms with Crippen LogP contribution in [-0.2, 0) is 6.42 Å². The highest BCUT2D eigenvalue weighted by Gasteiger charge is 2.17. The van der Waals surface area contributed by atoms with Crippen LogP contribution in [0.4, 0.5) is 5.69 Å². The normalized spacial score (nSPS) is 12.8. The quantitative estimate of drug-likeness (QED) is 0.483. The number of fused-ring (bicyclic) bond motifs is 1. The number of nitrogens with zero attached hydrogens (tertiary/aromatic N) is 2. The van der Waals surface area contributed by atoms with E-state index in [1.807, 2.05) is 6.07 Å². The fourth-order valence-electron chi connectivity index (χ4n) is 2.02. The predicted octanol–water partition coefficient (Wildman–Crippen LogP) is 3.95. The molecule has 0 aliphatic carbocycles. The smallest absolute Gasteiger partial charge is 0.264 e. The Morgan fingerprint density at radius 1 is 1.32 bits per heavy atom. The number of benzene rings is 1. The van der Waals surface area contributed by atoms with E-state index in [4.69, 9.17) is 11.6 Å². The molecule has 0 bridgehead atoms. The number of pyridine rings is 1. The molecule has 0 fully saturated rings. The van der Waals surface area contributed by atoms with Gasteiger partial charge in [0.15, 0.2) is 0 Å². The molecular formula is C14H15ClN2O2. The van der Waals surface area contributed by atoms with Crippen LogP contribution in [0.2, 0.25) is 0 Å². The van der Waals surface area contributed by atoms with E-state index in [-0.39, 0.29) is 16.0 Å². The van der Waals surface area contributed by atoms with Crippen LogP contribution >= 0.6 is 11.6 Å². The summed E-state index contributed by atoms with van der Waals surface area (Å²) < 4.78 is 0. The Bertz CT molecular complexity index is 613. The fraction of sp³-hybridized carbons (Fsp3) is 0.357. The Balaban J connectivity index is 2.53. The largest absolute Gasteiger partial charge is 0.278 e. The summed E-state index contributed by atoms with van der Waals surface area (Å²) in [6, 6.07) is 5.13. The van der Waals surface area contributed by atoms with Crippen LogP contribution < -0.4 is 0 Å². The number of alkyl halides is 1. The van der Waals surface area contributed by atoms with Crippen LogP contribution in [-0.4, -0.2) is 15.3 Å². The SMILES string of the molecule is CC(C)C(Cl)Cc1ccc([N+](=O)[O-])c2cnccc12. The molecule has 2 rings (SSSR count). The van der Waals surface area contributed by atoms with Crippen LogP contribution in [0, 0.1) is 16.0 Å². The zero-order valence-electron chi connectivity index (χ0n) is 10.8. The first kappa shape index (κ1) is 13.7. The molecule has 4 nitrogen and oxygen atoms in total. The molecule has 1 unspecified atom stereocenters. The third-order valence-electron chi connectivity index (χ3n) is 3.22. The summed E-state index contributed by atoms with van der Waals surface area (Å²) in [6.07, 6.45) is 3.88. The molecule has 2 aromatic rings. The molecule has 100 valence electrons.